The molecule has 1 N–H and O–H groups in total. The summed E-state index contributed by atoms with van der Waals surface area (Å²) in [6, 6.07) is 6.91. The molecule has 1 atom stereocenters. The van der Waals surface area contributed by atoms with Gasteiger partial charge in [0.1, 0.15) is 11.5 Å². The highest BCUT2D eigenvalue weighted by atomic mass is 32.2. The van der Waals surface area contributed by atoms with Crippen LogP contribution in [-0.4, -0.2) is 45.1 Å². The van der Waals surface area contributed by atoms with Crippen LogP contribution in [0.15, 0.2) is 24.3 Å². The van der Waals surface area contributed by atoms with E-state index >= 15 is 0 Å². The summed E-state index contributed by atoms with van der Waals surface area (Å²) >= 11 is 0. The predicted molar refractivity (Wildman–Crippen MR) is 101 cm³/mol. The maximum Gasteiger partial charge on any atom is 0.258 e. The summed E-state index contributed by atoms with van der Waals surface area (Å²) in [6.45, 7) is 2.72. The van der Waals surface area contributed by atoms with Crippen molar-refractivity contribution in [1.29, 1.82) is 0 Å². The summed E-state index contributed by atoms with van der Waals surface area (Å²) in [5.74, 6) is 1.12. The van der Waals surface area contributed by atoms with E-state index in [4.69, 9.17) is 9.47 Å². The van der Waals surface area contributed by atoms with Crippen LogP contribution in [0.1, 0.15) is 45.4 Å². The highest BCUT2D eigenvalue weighted by Crippen LogP contribution is 2.20. The lowest BCUT2D eigenvalue weighted by Crippen LogP contribution is -2.38. The number of carbonyl (C=O) groups is 1. The van der Waals surface area contributed by atoms with Gasteiger partial charge >= 0.3 is 0 Å². The second-order valence-corrected chi connectivity index (χ2v) is 8.92. The van der Waals surface area contributed by atoms with Crippen molar-refractivity contribution in [1.82, 2.24) is 5.32 Å². The van der Waals surface area contributed by atoms with E-state index in [2.05, 4.69) is 12.2 Å². The Labute approximate surface area is 156 Å². The maximum atomic E-state index is 11.9. The van der Waals surface area contributed by atoms with Gasteiger partial charge in [0.15, 0.2) is 16.4 Å². The van der Waals surface area contributed by atoms with Crippen LogP contribution in [0, 0.1) is 0 Å². The topological polar surface area (TPSA) is 81.7 Å². The van der Waals surface area contributed by atoms with Gasteiger partial charge in [0, 0.05) is 12.1 Å². The minimum Gasteiger partial charge on any atom is -0.493 e. The minimum atomic E-state index is -3.00. The summed E-state index contributed by atoms with van der Waals surface area (Å²) < 4.78 is 34.0. The Morgan fingerprint density at radius 1 is 1.15 bits per heavy atom. The quantitative estimate of drug-likeness (QED) is 0.594. The van der Waals surface area contributed by atoms with Crippen molar-refractivity contribution >= 4 is 15.7 Å². The largest absolute Gasteiger partial charge is 0.493 e. The molecule has 1 aliphatic rings. The summed E-state index contributed by atoms with van der Waals surface area (Å²) in [6.07, 6.45) is 6.39. The maximum absolute atomic E-state index is 11.9. The second-order valence-electron chi connectivity index (χ2n) is 6.69. The van der Waals surface area contributed by atoms with E-state index < -0.39 is 9.84 Å². The van der Waals surface area contributed by atoms with Crippen molar-refractivity contribution in [2.24, 2.45) is 0 Å². The van der Waals surface area contributed by atoms with Crippen LogP contribution < -0.4 is 14.8 Å². The number of hydrogen-bond acceptors (Lipinski definition) is 5. The van der Waals surface area contributed by atoms with Gasteiger partial charge in [-0.1, -0.05) is 38.7 Å². The van der Waals surface area contributed by atoms with Crippen LogP contribution in [0.2, 0.25) is 0 Å². The van der Waals surface area contributed by atoms with Crippen molar-refractivity contribution in [3.05, 3.63) is 24.3 Å². The zero-order chi connectivity index (χ0) is 18.8. The number of unbranched alkanes of at least 4 members (excludes halogenated alkanes) is 4. The lowest BCUT2D eigenvalue weighted by Gasteiger charge is -2.12. The third kappa shape index (κ3) is 7.64. The van der Waals surface area contributed by atoms with Crippen LogP contribution in [0.4, 0.5) is 0 Å². The molecule has 0 aliphatic carbocycles. The molecule has 1 saturated heterocycles. The minimum absolute atomic E-state index is 0.0142. The van der Waals surface area contributed by atoms with Crippen molar-refractivity contribution in [2.75, 3.05) is 24.7 Å². The lowest BCUT2D eigenvalue weighted by atomic mass is 10.2. The third-order valence-electron chi connectivity index (χ3n) is 4.29. The van der Waals surface area contributed by atoms with E-state index in [9.17, 15) is 13.2 Å². The number of rotatable bonds is 11. The number of carbonyl (C=O) groups excluding carboxylic acids is 1. The van der Waals surface area contributed by atoms with Crippen molar-refractivity contribution in [3.8, 4) is 11.5 Å². The van der Waals surface area contributed by atoms with E-state index in [1.807, 2.05) is 12.1 Å². The van der Waals surface area contributed by atoms with Crippen molar-refractivity contribution in [3.63, 3.8) is 0 Å². The van der Waals surface area contributed by atoms with Crippen molar-refractivity contribution in [2.45, 2.75) is 51.5 Å². The molecule has 146 valence electrons. The fraction of sp³-hybridized carbons (Fsp3) is 0.632. The van der Waals surface area contributed by atoms with Crippen LogP contribution in [0.25, 0.3) is 0 Å². The molecule has 6 nitrogen and oxygen atoms in total. The van der Waals surface area contributed by atoms with Gasteiger partial charge in [0.2, 0.25) is 0 Å². The first-order chi connectivity index (χ1) is 12.5. The van der Waals surface area contributed by atoms with Gasteiger partial charge in [-0.05, 0) is 25.0 Å². The Morgan fingerprint density at radius 2 is 1.88 bits per heavy atom. The van der Waals surface area contributed by atoms with E-state index in [-0.39, 0.29) is 30.1 Å². The molecule has 1 amide bonds. The molecule has 0 spiro atoms. The summed E-state index contributed by atoms with van der Waals surface area (Å²) in [7, 11) is -3.00. The predicted octanol–water partition coefficient (Wildman–Crippen LogP) is 2.72. The molecular formula is C19H29NO5S. The number of benzene rings is 1. The lowest BCUT2D eigenvalue weighted by molar-refractivity contribution is -0.123. The van der Waals surface area contributed by atoms with Gasteiger partial charge in [-0.3, -0.25) is 4.79 Å². The van der Waals surface area contributed by atoms with E-state index in [1.165, 1.54) is 25.7 Å². The first kappa shape index (κ1) is 20.6. The van der Waals surface area contributed by atoms with Crippen LogP contribution >= 0.6 is 0 Å². The number of ether oxygens (including phenoxy) is 2. The molecule has 0 aromatic heterocycles. The van der Waals surface area contributed by atoms with Crippen LogP contribution in [-0.2, 0) is 14.6 Å². The molecule has 26 heavy (non-hydrogen) atoms. The Morgan fingerprint density at radius 3 is 2.58 bits per heavy atom. The second kappa shape index (κ2) is 10.4. The fourth-order valence-electron chi connectivity index (χ4n) is 2.88. The number of sulfone groups is 1. The molecule has 0 saturated carbocycles. The molecule has 1 aliphatic heterocycles. The van der Waals surface area contributed by atoms with E-state index in [1.54, 1.807) is 12.1 Å². The standard InChI is InChI=1S/C19H29NO5S/c1-2-3-4-5-6-11-24-17-8-7-9-18(13-17)25-14-19(21)20-16-10-12-26(22,23)15-16/h7-9,13,16H,2-6,10-12,14-15H2,1H3,(H,20,21). The van der Waals surface area contributed by atoms with Crippen LogP contribution in [0.3, 0.4) is 0 Å². The first-order valence-corrected chi connectivity index (χ1v) is 11.2. The van der Waals surface area contributed by atoms with E-state index in [0.29, 0.717) is 18.8 Å². The van der Waals surface area contributed by atoms with E-state index in [0.717, 1.165) is 12.2 Å². The van der Waals surface area contributed by atoms with Gasteiger partial charge in [-0.15, -0.1) is 0 Å². The van der Waals surface area contributed by atoms with Gasteiger partial charge in [-0.2, -0.15) is 0 Å². The number of amides is 1. The Hall–Kier alpha value is -1.76. The van der Waals surface area contributed by atoms with Gasteiger partial charge < -0.3 is 14.8 Å². The fourth-order valence-corrected chi connectivity index (χ4v) is 4.55. The molecule has 1 aromatic carbocycles. The average molecular weight is 384 g/mol. The summed E-state index contributed by atoms with van der Waals surface area (Å²) in [5, 5.41) is 2.70. The average Bonchev–Trinajstić information content (AvgIpc) is 2.95. The molecule has 2 rings (SSSR count). The molecule has 0 bridgehead atoms. The number of nitrogens with one attached hydrogen (secondary N) is 1. The van der Waals surface area contributed by atoms with Gasteiger partial charge in [0.25, 0.3) is 5.91 Å². The molecule has 1 unspecified atom stereocenters. The highest BCUT2D eigenvalue weighted by molar-refractivity contribution is 7.91. The normalized spacial score (nSPS) is 18.4. The first-order valence-electron chi connectivity index (χ1n) is 9.34. The summed E-state index contributed by atoms with van der Waals surface area (Å²) in [4.78, 5) is 11.9. The molecule has 1 aromatic rings. The molecule has 1 fully saturated rings. The van der Waals surface area contributed by atoms with Gasteiger partial charge in [-0.25, -0.2) is 8.42 Å². The molecule has 7 heteroatoms. The smallest absolute Gasteiger partial charge is 0.258 e. The zero-order valence-corrected chi connectivity index (χ0v) is 16.2. The molecule has 1 heterocycles. The van der Waals surface area contributed by atoms with Gasteiger partial charge in [0.05, 0.1) is 18.1 Å². The Bertz CT molecular complexity index is 674. The van der Waals surface area contributed by atoms with Crippen molar-refractivity contribution < 1.29 is 22.7 Å². The Kier molecular flexibility index (Phi) is 8.22. The zero-order valence-electron chi connectivity index (χ0n) is 15.4. The number of hydrogen-bond donors (Lipinski definition) is 1. The monoisotopic (exact) mass is 383 g/mol. The Balaban J connectivity index is 1.68. The third-order valence-corrected chi connectivity index (χ3v) is 6.06. The highest BCUT2D eigenvalue weighted by Gasteiger charge is 2.28. The SMILES string of the molecule is CCCCCCCOc1cccc(OCC(=O)NC2CCS(=O)(=O)C2)c1. The van der Waals surface area contributed by atoms with Crippen LogP contribution in [0.5, 0.6) is 11.5 Å². The molecular weight excluding hydrogens is 354 g/mol. The summed E-state index contributed by atoms with van der Waals surface area (Å²) in [5.41, 5.74) is 0. The molecule has 0 radical (unpaired) electrons.